The van der Waals surface area contributed by atoms with Crippen molar-refractivity contribution in [1.82, 2.24) is 15.5 Å². The number of alkyl carbamates (subject to hydrolysis) is 1. The summed E-state index contributed by atoms with van der Waals surface area (Å²) in [5, 5.41) is 18.5. The molecule has 1 aliphatic heterocycles. The molecule has 0 bridgehead atoms. The Kier molecular flexibility index (Phi) is 8.90. The predicted molar refractivity (Wildman–Crippen MR) is 157 cm³/mol. The summed E-state index contributed by atoms with van der Waals surface area (Å²) >= 11 is 0. The third kappa shape index (κ3) is 5.30. The molecular formula is C33H43F2N3O4. The van der Waals surface area contributed by atoms with Crippen LogP contribution in [0, 0.1) is 30.4 Å². The van der Waals surface area contributed by atoms with Gasteiger partial charge in [0.2, 0.25) is 5.91 Å². The number of fused-ring (bicyclic) bond motifs is 2. The molecule has 1 spiro atoms. The Balaban J connectivity index is 1.50. The molecule has 2 aromatic rings. The monoisotopic (exact) mass is 583 g/mol. The average molecular weight is 584 g/mol. The number of hydrogen-bond acceptors (Lipinski definition) is 5. The van der Waals surface area contributed by atoms with Crippen LogP contribution in [-0.4, -0.2) is 62.3 Å². The fraction of sp³-hybridized carbons (Fsp3) is 0.576. The Hall–Kier alpha value is -3.04. The highest BCUT2D eigenvalue weighted by atomic mass is 19.1. The number of carbonyl (C=O) groups excluding carboxylic acids is 2. The molecule has 0 aromatic heterocycles. The molecule has 1 saturated carbocycles. The number of halogens is 2. The van der Waals surface area contributed by atoms with Crippen LogP contribution < -0.4 is 10.6 Å². The summed E-state index contributed by atoms with van der Waals surface area (Å²) in [5.41, 5.74) is -0.372. The van der Waals surface area contributed by atoms with Gasteiger partial charge >= 0.3 is 6.09 Å². The number of likely N-dealkylation sites (tertiary alicyclic amines) is 1. The Morgan fingerprint density at radius 2 is 1.88 bits per heavy atom. The van der Waals surface area contributed by atoms with Gasteiger partial charge in [-0.2, -0.15) is 0 Å². The molecule has 42 heavy (non-hydrogen) atoms. The van der Waals surface area contributed by atoms with E-state index >= 15 is 8.78 Å². The molecule has 2 atom stereocenters. The number of rotatable bonds is 8. The number of nitrogens with zero attached hydrogens (tertiary/aromatic N) is 1. The van der Waals surface area contributed by atoms with Crippen molar-refractivity contribution in [3.05, 3.63) is 58.7 Å². The van der Waals surface area contributed by atoms with Crippen molar-refractivity contribution < 1.29 is 28.2 Å². The number of carbonyl (C=O) groups is 2. The maximum atomic E-state index is 15.8. The maximum Gasteiger partial charge on any atom is 0.406 e. The van der Waals surface area contributed by atoms with Crippen molar-refractivity contribution in [1.29, 1.82) is 0 Å². The molecule has 0 unspecified atom stereocenters. The number of benzene rings is 2. The Morgan fingerprint density at radius 3 is 2.57 bits per heavy atom. The largest absolute Gasteiger partial charge is 0.453 e. The number of hydrogen-bond donors (Lipinski definition) is 3. The lowest BCUT2D eigenvalue weighted by Gasteiger charge is -2.62. The molecule has 3 aliphatic rings. The van der Waals surface area contributed by atoms with Crippen molar-refractivity contribution in [2.24, 2.45) is 11.8 Å². The van der Waals surface area contributed by atoms with Crippen LogP contribution in [0.25, 0.3) is 11.1 Å². The minimum absolute atomic E-state index is 0.0709. The van der Waals surface area contributed by atoms with Gasteiger partial charge in [-0.3, -0.25) is 4.79 Å². The van der Waals surface area contributed by atoms with Crippen molar-refractivity contribution >= 4 is 12.0 Å². The van der Waals surface area contributed by atoms with Gasteiger partial charge in [0.1, 0.15) is 17.2 Å². The summed E-state index contributed by atoms with van der Waals surface area (Å²) in [7, 11) is 3.23. The second-order valence-electron chi connectivity index (χ2n) is 12.4. The molecule has 0 radical (unpaired) electrons. The molecule has 2 amide bonds. The van der Waals surface area contributed by atoms with Gasteiger partial charge in [-0.1, -0.05) is 29.8 Å². The van der Waals surface area contributed by atoms with Gasteiger partial charge in [0, 0.05) is 53.7 Å². The van der Waals surface area contributed by atoms with E-state index < -0.39 is 28.7 Å². The van der Waals surface area contributed by atoms with E-state index in [1.807, 2.05) is 37.1 Å². The van der Waals surface area contributed by atoms with Gasteiger partial charge in [0.25, 0.3) is 0 Å². The lowest BCUT2D eigenvalue weighted by molar-refractivity contribution is -0.150. The van der Waals surface area contributed by atoms with E-state index in [1.54, 1.807) is 6.07 Å². The minimum atomic E-state index is -1.59. The van der Waals surface area contributed by atoms with E-state index in [9.17, 15) is 14.7 Å². The van der Waals surface area contributed by atoms with Crippen LogP contribution in [0.3, 0.4) is 0 Å². The van der Waals surface area contributed by atoms with Crippen LogP contribution >= 0.6 is 0 Å². The second kappa shape index (κ2) is 12.3. The van der Waals surface area contributed by atoms with Gasteiger partial charge in [0.05, 0.1) is 7.11 Å². The van der Waals surface area contributed by atoms with Gasteiger partial charge < -0.3 is 25.4 Å². The number of methoxy groups -OCH3 is 1. The molecular weight excluding hydrogens is 540 g/mol. The molecule has 7 nitrogen and oxygen atoms in total. The van der Waals surface area contributed by atoms with Gasteiger partial charge in [-0.05, 0) is 83.4 Å². The molecule has 5 rings (SSSR count). The minimum Gasteiger partial charge on any atom is -0.453 e. The van der Waals surface area contributed by atoms with E-state index in [1.165, 1.54) is 7.11 Å². The molecule has 9 heteroatoms. The van der Waals surface area contributed by atoms with Crippen LogP contribution in [0.2, 0.25) is 0 Å². The van der Waals surface area contributed by atoms with Gasteiger partial charge in [0.15, 0.2) is 0 Å². The van der Waals surface area contributed by atoms with Crippen molar-refractivity contribution in [3.8, 4) is 11.1 Å². The van der Waals surface area contributed by atoms with Crippen LogP contribution in [-0.2, 0) is 20.5 Å². The zero-order valence-electron chi connectivity index (χ0n) is 24.9. The average Bonchev–Trinajstić information content (AvgIpc) is 2.99. The van der Waals surface area contributed by atoms with E-state index in [2.05, 4.69) is 15.4 Å². The van der Waals surface area contributed by atoms with Gasteiger partial charge in [-0.25, -0.2) is 13.6 Å². The third-order valence-corrected chi connectivity index (χ3v) is 9.88. The highest BCUT2D eigenvalue weighted by Gasteiger charge is 2.66. The lowest BCUT2D eigenvalue weighted by Crippen LogP contribution is -2.67. The summed E-state index contributed by atoms with van der Waals surface area (Å²) in [6, 6.07) is 8.26. The van der Waals surface area contributed by atoms with Crippen LogP contribution in [0.15, 0.2) is 30.3 Å². The first-order valence-electron chi connectivity index (χ1n) is 15.2. The Bertz CT molecular complexity index is 1330. The molecule has 1 heterocycles. The van der Waals surface area contributed by atoms with E-state index in [0.717, 1.165) is 43.9 Å². The van der Waals surface area contributed by atoms with Crippen molar-refractivity contribution in [3.63, 3.8) is 0 Å². The van der Waals surface area contributed by atoms with Crippen LogP contribution in [0.4, 0.5) is 13.6 Å². The Labute approximate surface area is 247 Å². The number of ether oxygens (including phenoxy) is 1. The topological polar surface area (TPSA) is 90.9 Å². The zero-order valence-corrected chi connectivity index (χ0v) is 24.9. The third-order valence-electron chi connectivity index (χ3n) is 9.88. The van der Waals surface area contributed by atoms with E-state index in [-0.39, 0.29) is 42.5 Å². The van der Waals surface area contributed by atoms with Crippen molar-refractivity contribution in [2.75, 3.05) is 40.3 Å². The fourth-order valence-electron chi connectivity index (χ4n) is 7.88. The Morgan fingerprint density at radius 1 is 1.12 bits per heavy atom. The molecule has 228 valence electrons. The number of piperidine rings is 1. The number of aliphatic hydroxyl groups is 1. The second-order valence-corrected chi connectivity index (χ2v) is 12.4. The molecule has 2 aromatic carbocycles. The maximum absolute atomic E-state index is 15.8. The summed E-state index contributed by atoms with van der Waals surface area (Å²) in [6.07, 6.45) is 4.67. The normalized spacial score (nSPS) is 26.9. The van der Waals surface area contributed by atoms with Crippen LogP contribution in [0.5, 0.6) is 0 Å². The smallest absolute Gasteiger partial charge is 0.406 e. The number of aryl methyl sites for hydroxylation is 1. The molecule has 3 N–H and O–H groups in total. The quantitative estimate of drug-likeness (QED) is 0.374. The first-order valence-corrected chi connectivity index (χ1v) is 15.2. The molecule has 1 saturated heterocycles. The van der Waals surface area contributed by atoms with E-state index in [4.69, 9.17) is 0 Å². The van der Waals surface area contributed by atoms with Gasteiger partial charge in [-0.15, -0.1) is 0 Å². The predicted octanol–water partition coefficient (Wildman–Crippen LogP) is 5.16. The highest BCUT2D eigenvalue weighted by molar-refractivity contribution is 5.81. The number of amides is 2. The summed E-state index contributed by atoms with van der Waals surface area (Å²) in [4.78, 5) is 27.3. The summed E-state index contributed by atoms with van der Waals surface area (Å²) in [6.45, 7) is 3.82. The molecule has 2 aliphatic carbocycles. The summed E-state index contributed by atoms with van der Waals surface area (Å²) < 4.78 is 36.1. The van der Waals surface area contributed by atoms with Crippen molar-refractivity contribution in [2.45, 2.75) is 69.3 Å². The highest BCUT2D eigenvalue weighted by Crippen LogP contribution is 2.64. The SMILES string of the molecule is CNCC1CCC(C(=O)N2CCC[C@@]3(C2)c2c(F)cc(F)c(-c4cccc(C)c4)c2[C@]3(O)CCCNC(=O)OC)CC1. The van der Waals surface area contributed by atoms with Crippen LogP contribution in [0.1, 0.15) is 68.1 Å². The first-order chi connectivity index (χ1) is 20.1. The van der Waals surface area contributed by atoms with E-state index in [0.29, 0.717) is 42.9 Å². The first kappa shape index (κ1) is 30.4. The summed E-state index contributed by atoms with van der Waals surface area (Å²) in [5.74, 6) is -0.844. The zero-order chi connectivity index (χ0) is 30.1. The fourth-order valence-corrected chi connectivity index (χ4v) is 7.88. The molecule has 2 fully saturated rings. The number of nitrogens with one attached hydrogen (secondary N) is 2. The standard InChI is InChI=1S/C33H43F2N3O4/c1-21-7-4-8-24(17-21)27-25(34)18-26(35)28-29(27)33(41,14-5-15-37-31(40)42-3)32(28)13-6-16-38(20-32)30(39)23-11-9-22(10-12-23)19-36-2/h4,7-8,17-18,22-23,36,41H,5-6,9-16,19-20H2,1-3H3,(H,37,40)/t22?,23?,32-,33-/m1/s1. The lowest BCUT2D eigenvalue weighted by atomic mass is 9.47.